The minimum absolute atomic E-state index is 0.160. The zero-order valence-corrected chi connectivity index (χ0v) is 18.3. The summed E-state index contributed by atoms with van der Waals surface area (Å²) in [6, 6.07) is 23.2. The molecular weight excluding hydrogens is 402 g/mol. The largest absolute Gasteiger partial charge is 0.361 e. The van der Waals surface area contributed by atoms with Crippen molar-refractivity contribution in [1.29, 1.82) is 0 Å². The predicted molar refractivity (Wildman–Crippen MR) is 129 cm³/mol. The van der Waals surface area contributed by atoms with Gasteiger partial charge in [-0.15, -0.1) is 10.2 Å². The number of benzene rings is 3. The second-order valence-electron chi connectivity index (χ2n) is 7.67. The van der Waals surface area contributed by atoms with Crippen LogP contribution >= 0.6 is 11.8 Å². The van der Waals surface area contributed by atoms with Crippen molar-refractivity contribution in [2.75, 3.05) is 5.75 Å². The highest BCUT2D eigenvalue weighted by atomic mass is 32.2. The molecule has 0 aliphatic rings. The first kappa shape index (κ1) is 19.8. The highest BCUT2D eigenvalue weighted by Gasteiger charge is 2.19. The summed E-state index contributed by atoms with van der Waals surface area (Å²) in [5.74, 6) is 1.74. The van der Waals surface area contributed by atoms with Gasteiger partial charge in [-0.3, -0.25) is 4.57 Å². The van der Waals surface area contributed by atoms with Crippen LogP contribution in [0.25, 0.3) is 33.1 Å². The molecule has 5 rings (SSSR count). The maximum absolute atomic E-state index is 6.50. The van der Waals surface area contributed by atoms with Crippen molar-refractivity contribution < 1.29 is 0 Å². The number of H-pyrrole nitrogens is 1. The first-order valence-electron chi connectivity index (χ1n) is 10.6. The molecule has 2 heterocycles. The Hall–Kier alpha value is -3.09. The van der Waals surface area contributed by atoms with Crippen molar-refractivity contribution in [2.45, 2.75) is 31.1 Å². The van der Waals surface area contributed by atoms with E-state index in [1.807, 2.05) is 0 Å². The number of aryl methyl sites for hydroxylation is 1. The Labute approximate surface area is 185 Å². The van der Waals surface area contributed by atoms with Gasteiger partial charge < -0.3 is 10.7 Å². The van der Waals surface area contributed by atoms with Gasteiger partial charge in [-0.25, -0.2) is 0 Å². The van der Waals surface area contributed by atoms with Crippen LogP contribution in [0.3, 0.4) is 0 Å². The number of fused-ring (bicyclic) bond motifs is 2. The van der Waals surface area contributed by atoms with Crippen LogP contribution in [0.4, 0.5) is 0 Å². The molecule has 0 aliphatic heterocycles. The molecule has 0 spiro atoms. The van der Waals surface area contributed by atoms with Gasteiger partial charge in [-0.2, -0.15) is 0 Å². The van der Waals surface area contributed by atoms with E-state index in [-0.39, 0.29) is 6.17 Å². The molecule has 0 aliphatic carbocycles. The third kappa shape index (κ3) is 3.84. The van der Waals surface area contributed by atoms with Crippen LogP contribution in [0.15, 0.2) is 78.1 Å². The summed E-state index contributed by atoms with van der Waals surface area (Å²) in [5.41, 5.74) is 10.0. The summed E-state index contributed by atoms with van der Waals surface area (Å²) in [6.45, 7) is 2.09. The molecule has 2 aromatic heterocycles. The number of rotatable bonds is 7. The summed E-state index contributed by atoms with van der Waals surface area (Å²) in [4.78, 5) is 3.35. The van der Waals surface area contributed by atoms with Crippen molar-refractivity contribution in [1.82, 2.24) is 19.7 Å². The van der Waals surface area contributed by atoms with E-state index in [1.165, 1.54) is 27.2 Å². The Balaban J connectivity index is 1.41. The van der Waals surface area contributed by atoms with E-state index in [0.29, 0.717) is 0 Å². The topological polar surface area (TPSA) is 72.5 Å². The van der Waals surface area contributed by atoms with Crippen LogP contribution < -0.4 is 5.73 Å². The van der Waals surface area contributed by atoms with Crippen LogP contribution in [-0.4, -0.2) is 25.5 Å². The Morgan fingerprint density at radius 3 is 2.68 bits per heavy atom. The number of nitrogens with one attached hydrogen (secondary N) is 1. The monoisotopic (exact) mass is 427 g/mol. The van der Waals surface area contributed by atoms with Crippen molar-refractivity contribution in [2.24, 2.45) is 5.73 Å². The highest BCUT2D eigenvalue weighted by Crippen LogP contribution is 2.30. The lowest BCUT2D eigenvalue weighted by atomic mass is 10.1. The van der Waals surface area contributed by atoms with Gasteiger partial charge in [0.15, 0.2) is 11.0 Å². The van der Waals surface area contributed by atoms with Gasteiger partial charge in [-0.1, -0.05) is 73.3 Å². The number of para-hydroxylation sites is 1. The standard InChI is InChI=1S/C25H25N5S/c1-2-23(26)30-24(19-12-11-17-7-3-4-8-18(17)15-19)28-29-25(30)31-14-13-20-16-27-22-10-6-5-9-21(20)22/h3-12,15-16,23,27H,2,13-14,26H2,1H3. The average molecular weight is 428 g/mol. The average Bonchev–Trinajstić information content (AvgIpc) is 3.43. The SMILES string of the molecule is CCC(N)n1c(SCCc2c[nH]c3ccccc23)nnc1-c1ccc2ccccc2c1. The molecule has 0 amide bonds. The molecule has 0 saturated heterocycles. The van der Waals surface area contributed by atoms with E-state index in [1.54, 1.807) is 11.8 Å². The molecule has 3 aromatic carbocycles. The maximum atomic E-state index is 6.50. The predicted octanol–water partition coefficient (Wildman–Crippen LogP) is 5.78. The van der Waals surface area contributed by atoms with Crippen LogP contribution in [0.5, 0.6) is 0 Å². The second kappa shape index (κ2) is 8.57. The normalized spacial score (nSPS) is 12.6. The Morgan fingerprint density at radius 2 is 1.81 bits per heavy atom. The Morgan fingerprint density at radius 1 is 1.00 bits per heavy atom. The molecular formula is C25H25N5S. The van der Waals surface area contributed by atoms with Crippen molar-refractivity contribution in [3.05, 3.63) is 78.5 Å². The summed E-state index contributed by atoms with van der Waals surface area (Å²) in [6.07, 6.45) is 3.71. The molecule has 31 heavy (non-hydrogen) atoms. The van der Waals surface area contributed by atoms with E-state index in [9.17, 15) is 0 Å². The van der Waals surface area contributed by atoms with Gasteiger partial charge in [0.1, 0.15) is 0 Å². The smallest absolute Gasteiger partial charge is 0.192 e. The summed E-state index contributed by atoms with van der Waals surface area (Å²) >= 11 is 1.71. The zero-order valence-electron chi connectivity index (χ0n) is 17.5. The lowest BCUT2D eigenvalue weighted by molar-refractivity contribution is 0.474. The molecule has 0 bridgehead atoms. The summed E-state index contributed by atoms with van der Waals surface area (Å²) < 4.78 is 2.09. The minimum atomic E-state index is -0.160. The summed E-state index contributed by atoms with van der Waals surface area (Å²) in [7, 11) is 0. The number of aromatic nitrogens is 4. The lowest BCUT2D eigenvalue weighted by Gasteiger charge is -2.16. The number of hydrogen-bond donors (Lipinski definition) is 2. The van der Waals surface area contributed by atoms with Gasteiger partial charge in [0.05, 0.1) is 6.17 Å². The van der Waals surface area contributed by atoms with Crippen molar-refractivity contribution >= 4 is 33.4 Å². The number of nitrogens with two attached hydrogens (primary N) is 1. The van der Waals surface area contributed by atoms with Gasteiger partial charge >= 0.3 is 0 Å². The first-order valence-corrected chi connectivity index (χ1v) is 11.6. The van der Waals surface area contributed by atoms with E-state index in [2.05, 4.69) is 99.6 Å². The van der Waals surface area contributed by atoms with Crippen LogP contribution in [-0.2, 0) is 6.42 Å². The zero-order chi connectivity index (χ0) is 21.2. The van der Waals surface area contributed by atoms with E-state index in [4.69, 9.17) is 5.73 Å². The van der Waals surface area contributed by atoms with Crippen LogP contribution in [0.2, 0.25) is 0 Å². The van der Waals surface area contributed by atoms with Crippen molar-refractivity contribution in [3.8, 4) is 11.4 Å². The summed E-state index contributed by atoms with van der Waals surface area (Å²) in [5, 5.41) is 13.6. The van der Waals surface area contributed by atoms with Gasteiger partial charge in [0.25, 0.3) is 0 Å². The molecule has 1 atom stereocenters. The third-order valence-corrected chi connectivity index (χ3v) is 6.64. The second-order valence-corrected chi connectivity index (χ2v) is 8.73. The van der Waals surface area contributed by atoms with E-state index >= 15 is 0 Å². The first-order chi connectivity index (χ1) is 15.2. The highest BCUT2D eigenvalue weighted by molar-refractivity contribution is 7.99. The Bertz CT molecular complexity index is 1340. The van der Waals surface area contributed by atoms with Crippen LogP contribution in [0.1, 0.15) is 25.1 Å². The molecule has 0 radical (unpaired) electrons. The molecule has 156 valence electrons. The molecule has 1 unspecified atom stereocenters. The fourth-order valence-corrected chi connectivity index (χ4v) is 4.94. The number of hydrogen-bond acceptors (Lipinski definition) is 4. The maximum Gasteiger partial charge on any atom is 0.192 e. The fraction of sp³-hybridized carbons (Fsp3) is 0.200. The third-order valence-electron chi connectivity index (χ3n) is 5.70. The Kier molecular flexibility index (Phi) is 5.49. The molecule has 3 N–H and O–H groups in total. The quantitative estimate of drug-likeness (QED) is 0.323. The number of aromatic amines is 1. The fourth-order valence-electron chi connectivity index (χ4n) is 3.97. The van der Waals surface area contributed by atoms with E-state index in [0.717, 1.165) is 35.1 Å². The lowest BCUT2D eigenvalue weighted by Crippen LogP contribution is -2.19. The molecule has 5 nitrogen and oxygen atoms in total. The van der Waals surface area contributed by atoms with E-state index < -0.39 is 0 Å². The van der Waals surface area contributed by atoms with Crippen LogP contribution in [0, 0.1) is 0 Å². The molecule has 5 aromatic rings. The van der Waals surface area contributed by atoms with Gasteiger partial charge in [0.2, 0.25) is 0 Å². The van der Waals surface area contributed by atoms with Crippen molar-refractivity contribution in [3.63, 3.8) is 0 Å². The number of nitrogens with zero attached hydrogens (tertiary/aromatic N) is 3. The molecule has 0 saturated carbocycles. The minimum Gasteiger partial charge on any atom is -0.361 e. The molecule has 0 fully saturated rings. The number of thioether (sulfide) groups is 1. The van der Waals surface area contributed by atoms with Gasteiger partial charge in [0, 0.05) is 28.4 Å². The van der Waals surface area contributed by atoms with Gasteiger partial charge in [-0.05, 0) is 41.3 Å². The molecule has 6 heteroatoms.